The standard InChI is InChI=1S/C22H20ClFN4O4S/c1-32-22(31)16-13(9-28-14-7-10(14)8-15(28)21(29)30)26-19(20-25-5-6-33-20)27-18(16)11-3-2-4-12(24)17(11)23/h2-6,10,14-15,18H,7-9H2,1H3,(H,26,27)(H,29,30)/t10?,14-,15+,18+/m1/s1. The predicted molar refractivity (Wildman–Crippen MR) is 120 cm³/mol. The van der Waals surface area contributed by atoms with E-state index in [1.807, 2.05) is 4.90 Å². The maximum Gasteiger partial charge on any atom is 0.338 e. The second-order valence-electron chi connectivity index (χ2n) is 8.19. The van der Waals surface area contributed by atoms with Crippen LogP contribution in [0, 0.1) is 11.7 Å². The number of halogens is 2. The molecule has 2 fully saturated rings. The van der Waals surface area contributed by atoms with Gasteiger partial charge in [-0.1, -0.05) is 23.7 Å². The van der Waals surface area contributed by atoms with Crippen LogP contribution < -0.4 is 5.32 Å². The smallest absolute Gasteiger partial charge is 0.338 e. The maximum atomic E-state index is 14.3. The Labute approximate surface area is 197 Å². The first-order valence-electron chi connectivity index (χ1n) is 10.4. The van der Waals surface area contributed by atoms with E-state index in [2.05, 4.69) is 15.3 Å². The number of aliphatic carboxylic acids is 1. The normalized spacial score (nSPS) is 26.5. The van der Waals surface area contributed by atoms with Crippen LogP contribution in [0.4, 0.5) is 4.39 Å². The molecule has 1 aromatic heterocycles. The number of carbonyl (C=O) groups is 2. The number of aliphatic imine (C=N–C) groups is 1. The molecule has 3 aliphatic rings. The minimum absolute atomic E-state index is 0.140. The number of carboxylic acid groups (broad SMARTS) is 1. The summed E-state index contributed by atoms with van der Waals surface area (Å²) in [5, 5.41) is 15.1. The van der Waals surface area contributed by atoms with E-state index >= 15 is 0 Å². The molecule has 1 aliphatic carbocycles. The molecule has 0 bridgehead atoms. The molecular weight excluding hydrogens is 471 g/mol. The molecule has 1 aromatic carbocycles. The number of aromatic nitrogens is 1. The van der Waals surface area contributed by atoms with Crippen molar-refractivity contribution < 1.29 is 23.8 Å². The molecule has 5 rings (SSSR count). The number of thiazole rings is 1. The van der Waals surface area contributed by atoms with E-state index in [9.17, 15) is 19.1 Å². The lowest BCUT2D eigenvalue weighted by Crippen LogP contribution is -2.44. The number of ether oxygens (including phenoxy) is 1. The van der Waals surface area contributed by atoms with Gasteiger partial charge in [0.1, 0.15) is 17.9 Å². The molecule has 33 heavy (non-hydrogen) atoms. The fourth-order valence-corrected chi connectivity index (χ4v) is 5.49. The third-order valence-corrected chi connectivity index (χ3v) is 7.48. The third kappa shape index (κ3) is 3.92. The molecule has 1 saturated heterocycles. The summed E-state index contributed by atoms with van der Waals surface area (Å²) in [5.74, 6) is -1.43. The number of nitrogens with one attached hydrogen (secondary N) is 1. The zero-order chi connectivity index (χ0) is 23.3. The van der Waals surface area contributed by atoms with E-state index in [4.69, 9.17) is 16.3 Å². The lowest BCUT2D eigenvalue weighted by Gasteiger charge is -2.31. The molecule has 0 amide bonds. The summed E-state index contributed by atoms with van der Waals surface area (Å²) in [7, 11) is 1.25. The number of hydrogen-bond donors (Lipinski definition) is 2. The zero-order valence-electron chi connectivity index (χ0n) is 17.5. The molecule has 8 nitrogen and oxygen atoms in total. The predicted octanol–water partition coefficient (Wildman–Crippen LogP) is 3.00. The number of amidine groups is 1. The average molecular weight is 491 g/mol. The number of likely N-dealkylation sites (tertiary alicyclic amines) is 1. The topological polar surface area (TPSA) is 104 Å². The van der Waals surface area contributed by atoms with E-state index in [1.165, 1.54) is 30.6 Å². The Kier molecular flexibility index (Phi) is 5.67. The second kappa shape index (κ2) is 8.51. The van der Waals surface area contributed by atoms with Gasteiger partial charge >= 0.3 is 11.9 Å². The summed E-state index contributed by atoms with van der Waals surface area (Å²) in [6.07, 6.45) is 3.13. The Balaban J connectivity index is 1.63. The van der Waals surface area contributed by atoms with Crippen LogP contribution in [0.1, 0.15) is 29.5 Å². The summed E-state index contributed by atoms with van der Waals surface area (Å²) in [5.41, 5.74) is 0.926. The van der Waals surface area contributed by atoms with Crippen molar-refractivity contribution in [3.05, 3.63) is 62.5 Å². The van der Waals surface area contributed by atoms with Gasteiger partial charge in [-0.05, 0) is 24.8 Å². The lowest BCUT2D eigenvalue weighted by atomic mass is 9.95. The molecule has 2 aromatic rings. The van der Waals surface area contributed by atoms with Crippen LogP contribution in [0.25, 0.3) is 0 Å². The average Bonchev–Trinajstić information content (AvgIpc) is 3.19. The Bertz CT molecular complexity index is 1190. The number of fused-ring (bicyclic) bond motifs is 1. The Morgan fingerprint density at radius 3 is 2.91 bits per heavy atom. The molecule has 0 spiro atoms. The minimum Gasteiger partial charge on any atom is -0.480 e. The fraction of sp³-hybridized carbons (Fsp3) is 0.364. The highest BCUT2D eigenvalue weighted by molar-refractivity contribution is 7.11. The fourth-order valence-electron chi connectivity index (χ4n) is 4.67. The number of carboxylic acids is 1. The number of piperidine rings is 1. The lowest BCUT2D eigenvalue weighted by molar-refractivity contribution is -0.142. The van der Waals surface area contributed by atoms with Crippen LogP contribution in [0.5, 0.6) is 0 Å². The van der Waals surface area contributed by atoms with Crippen molar-refractivity contribution in [3.63, 3.8) is 0 Å². The number of hydrogen-bond acceptors (Lipinski definition) is 8. The molecule has 3 heterocycles. The first-order chi connectivity index (χ1) is 15.9. The van der Waals surface area contributed by atoms with Crippen molar-refractivity contribution in [1.82, 2.24) is 15.2 Å². The van der Waals surface area contributed by atoms with Gasteiger partial charge in [0.05, 0.1) is 17.7 Å². The number of esters is 1. The zero-order valence-corrected chi connectivity index (χ0v) is 19.1. The van der Waals surface area contributed by atoms with Gasteiger partial charge in [0.25, 0.3) is 0 Å². The van der Waals surface area contributed by atoms with Gasteiger partial charge in [-0.3, -0.25) is 14.7 Å². The van der Waals surface area contributed by atoms with Crippen LogP contribution in [-0.2, 0) is 14.3 Å². The summed E-state index contributed by atoms with van der Waals surface area (Å²) >= 11 is 7.63. The highest BCUT2D eigenvalue weighted by Crippen LogP contribution is 2.48. The third-order valence-electron chi connectivity index (χ3n) is 6.31. The number of carbonyl (C=O) groups excluding carboxylic acids is 1. The van der Waals surface area contributed by atoms with E-state index in [0.29, 0.717) is 34.4 Å². The van der Waals surface area contributed by atoms with E-state index < -0.39 is 29.8 Å². The molecule has 1 unspecified atom stereocenters. The van der Waals surface area contributed by atoms with Crippen LogP contribution >= 0.6 is 22.9 Å². The number of benzene rings is 1. The molecule has 172 valence electrons. The largest absolute Gasteiger partial charge is 0.480 e. The Morgan fingerprint density at radius 1 is 1.39 bits per heavy atom. The number of rotatable bonds is 6. The van der Waals surface area contributed by atoms with Crippen molar-refractivity contribution >= 4 is 40.7 Å². The highest BCUT2D eigenvalue weighted by atomic mass is 35.5. The summed E-state index contributed by atoms with van der Waals surface area (Å²) < 4.78 is 19.4. The molecular formula is C22H20ClFN4O4S. The molecule has 0 radical (unpaired) electrons. The van der Waals surface area contributed by atoms with E-state index in [-0.39, 0.29) is 23.2 Å². The van der Waals surface area contributed by atoms with Crippen LogP contribution in [0.2, 0.25) is 5.02 Å². The van der Waals surface area contributed by atoms with Gasteiger partial charge in [0.15, 0.2) is 10.8 Å². The van der Waals surface area contributed by atoms with Gasteiger partial charge in [0, 0.05) is 35.4 Å². The summed E-state index contributed by atoms with van der Waals surface area (Å²) in [6.45, 7) is 0.177. The van der Waals surface area contributed by atoms with Crippen molar-refractivity contribution in [3.8, 4) is 0 Å². The van der Waals surface area contributed by atoms with Crippen molar-refractivity contribution in [2.24, 2.45) is 10.9 Å². The first kappa shape index (κ1) is 22.0. The van der Waals surface area contributed by atoms with Gasteiger partial charge in [-0.2, -0.15) is 0 Å². The molecule has 11 heteroatoms. The SMILES string of the molecule is COC(=O)C1=C(CN2[C@@H]3CC3C[C@H]2C(=O)O)NC(c2nccs2)=N[C@H]1c1cccc(F)c1Cl. The second-order valence-corrected chi connectivity index (χ2v) is 9.47. The highest BCUT2D eigenvalue weighted by Gasteiger charge is 2.54. The van der Waals surface area contributed by atoms with Crippen LogP contribution in [-0.4, -0.2) is 58.5 Å². The molecule has 2 N–H and O–H groups in total. The van der Waals surface area contributed by atoms with E-state index in [1.54, 1.807) is 17.6 Å². The van der Waals surface area contributed by atoms with Gasteiger partial charge < -0.3 is 15.2 Å². The number of nitrogens with zero attached hydrogens (tertiary/aromatic N) is 3. The summed E-state index contributed by atoms with van der Waals surface area (Å²) in [6, 6.07) is 2.91. The van der Waals surface area contributed by atoms with E-state index in [0.717, 1.165) is 6.42 Å². The quantitative estimate of drug-likeness (QED) is 0.600. The van der Waals surface area contributed by atoms with Gasteiger partial charge in [0.2, 0.25) is 0 Å². The summed E-state index contributed by atoms with van der Waals surface area (Å²) in [4.78, 5) is 35.7. The molecule has 1 saturated carbocycles. The van der Waals surface area contributed by atoms with Crippen LogP contribution in [0.3, 0.4) is 0 Å². The van der Waals surface area contributed by atoms with Crippen molar-refractivity contribution in [1.29, 1.82) is 0 Å². The molecule has 4 atom stereocenters. The maximum absolute atomic E-state index is 14.3. The van der Waals surface area contributed by atoms with Gasteiger partial charge in [-0.25, -0.2) is 14.2 Å². The minimum atomic E-state index is -0.948. The Morgan fingerprint density at radius 2 is 2.21 bits per heavy atom. The Hall–Kier alpha value is -2.82. The monoisotopic (exact) mass is 490 g/mol. The number of methoxy groups -OCH3 is 1. The van der Waals surface area contributed by atoms with Crippen LogP contribution in [0.15, 0.2) is 46.0 Å². The first-order valence-corrected chi connectivity index (χ1v) is 11.6. The molecule has 2 aliphatic heterocycles. The van der Waals surface area contributed by atoms with Crippen molar-refractivity contribution in [2.75, 3.05) is 13.7 Å². The van der Waals surface area contributed by atoms with Gasteiger partial charge in [-0.15, -0.1) is 11.3 Å². The van der Waals surface area contributed by atoms with Crippen molar-refractivity contribution in [2.45, 2.75) is 31.0 Å².